The summed E-state index contributed by atoms with van der Waals surface area (Å²) in [6, 6.07) is 24.7. The molecule has 58 heavy (non-hydrogen) atoms. The molecular formula is C48H50N6O4. The van der Waals surface area contributed by atoms with Crippen LogP contribution in [0.3, 0.4) is 0 Å². The molecule has 10 heteroatoms. The Labute approximate surface area is 339 Å². The fourth-order valence-electron chi connectivity index (χ4n) is 10.6. The van der Waals surface area contributed by atoms with E-state index in [0.717, 1.165) is 107 Å². The van der Waals surface area contributed by atoms with E-state index in [1.807, 2.05) is 48.8 Å². The van der Waals surface area contributed by atoms with Gasteiger partial charge in [0.15, 0.2) is 0 Å². The van der Waals surface area contributed by atoms with Gasteiger partial charge in [-0.2, -0.15) is 0 Å². The van der Waals surface area contributed by atoms with Crippen LogP contribution in [-0.2, 0) is 0 Å². The predicted molar refractivity (Wildman–Crippen MR) is 226 cm³/mol. The third-order valence-corrected chi connectivity index (χ3v) is 13.7. The summed E-state index contributed by atoms with van der Waals surface area (Å²) in [5.74, 6) is 4.57. The highest BCUT2D eigenvalue weighted by atomic mass is 16.5. The standard InChI is InChI=1S/C48H50N6O4/c1-5-29-27-53-21-17-31(29)23-43(53)45(35-15-19-49-41-13-11-33(55-3)25-39(35)41)57-47-37-9-7-8-10-38(37)48(52-51-47)58-46(44-24-32-18-22-54(44)28-30(32)6-2)36-16-20-50-42-14-12-34(56-4)26-40(36)42/h5-16,19-20,25-26,29-32,43-46H,1-2,17-18,21-24,27-28H2,3-4H3/t29-,30+,31-,32+,43+,44-,45+,46-. The lowest BCUT2D eigenvalue weighted by atomic mass is 9.73. The van der Waals surface area contributed by atoms with Crippen LogP contribution in [0.4, 0.5) is 0 Å². The molecule has 296 valence electrons. The molecule has 6 saturated heterocycles. The van der Waals surface area contributed by atoms with Crippen LogP contribution in [0.5, 0.6) is 23.3 Å². The molecule has 6 aliphatic rings. The van der Waals surface area contributed by atoms with Crippen LogP contribution in [0.1, 0.15) is 49.0 Å². The molecule has 0 aliphatic carbocycles. The molecule has 2 unspecified atom stereocenters. The molecule has 10 nitrogen and oxygen atoms in total. The monoisotopic (exact) mass is 774 g/mol. The van der Waals surface area contributed by atoms with Crippen molar-refractivity contribution in [2.75, 3.05) is 40.4 Å². The van der Waals surface area contributed by atoms with Crippen molar-refractivity contribution in [2.45, 2.75) is 50.0 Å². The van der Waals surface area contributed by atoms with E-state index in [1.165, 1.54) is 0 Å². The minimum absolute atomic E-state index is 0.125. The SMILES string of the molecule is C=C[C@@H]1CN2CC[C@@H]1C[C@H]2[C@@H](Oc1nnc(O[C@H](c2ccnc3ccc(OC)cc23)[C@H]2C[C@@H]3CCN2C[C@@H]3C=C)c2ccccc12)c1ccnc2ccc(OC)cc12. The van der Waals surface area contributed by atoms with E-state index >= 15 is 0 Å². The summed E-state index contributed by atoms with van der Waals surface area (Å²) in [4.78, 5) is 14.6. The number of hydrogen-bond donors (Lipinski definition) is 0. The van der Waals surface area contributed by atoms with E-state index in [0.29, 0.717) is 35.4 Å². The number of nitrogens with zero attached hydrogens (tertiary/aromatic N) is 6. The molecule has 0 saturated carbocycles. The Morgan fingerprint density at radius 2 is 1.09 bits per heavy atom. The molecule has 6 aliphatic heterocycles. The molecule has 10 atom stereocenters. The van der Waals surface area contributed by atoms with Crippen LogP contribution in [0.2, 0.25) is 0 Å². The third-order valence-electron chi connectivity index (χ3n) is 13.7. The number of benzene rings is 3. The van der Waals surface area contributed by atoms with Gasteiger partial charge in [-0.25, -0.2) is 0 Å². The van der Waals surface area contributed by atoms with Gasteiger partial charge in [0.1, 0.15) is 23.7 Å². The quantitative estimate of drug-likeness (QED) is 0.112. The lowest BCUT2D eigenvalue weighted by molar-refractivity contribution is -0.0382. The van der Waals surface area contributed by atoms with Crippen molar-refractivity contribution >= 4 is 32.6 Å². The second-order valence-corrected chi connectivity index (χ2v) is 16.5. The summed E-state index contributed by atoms with van der Waals surface area (Å²) >= 11 is 0. The Morgan fingerprint density at radius 3 is 1.48 bits per heavy atom. The van der Waals surface area contributed by atoms with Gasteiger partial charge >= 0.3 is 0 Å². The molecule has 0 radical (unpaired) electrons. The van der Waals surface area contributed by atoms with Crippen molar-refractivity contribution in [2.24, 2.45) is 23.7 Å². The zero-order valence-corrected chi connectivity index (χ0v) is 33.2. The van der Waals surface area contributed by atoms with E-state index in [9.17, 15) is 0 Å². The molecule has 6 aromatic rings. The normalized spacial score (nSPS) is 27.3. The summed E-state index contributed by atoms with van der Waals surface area (Å²) in [5, 5.41) is 13.5. The minimum Gasteiger partial charge on any atom is -0.497 e. The van der Waals surface area contributed by atoms with Gasteiger partial charge in [0.05, 0.1) is 48.1 Å². The van der Waals surface area contributed by atoms with E-state index in [-0.39, 0.29) is 24.3 Å². The Hall–Kier alpha value is -5.58. The smallest absolute Gasteiger partial charge is 0.242 e. The number of rotatable bonds is 12. The lowest BCUT2D eigenvalue weighted by Crippen LogP contribution is -2.55. The molecule has 3 aromatic heterocycles. The van der Waals surface area contributed by atoms with Gasteiger partial charge in [0.25, 0.3) is 0 Å². The molecule has 0 amide bonds. The Bertz CT molecular complexity index is 2340. The summed E-state index contributed by atoms with van der Waals surface area (Å²) in [7, 11) is 3.40. The van der Waals surface area contributed by atoms with Gasteiger partial charge in [-0.3, -0.25) is 19.8 Å². The molecule has 12 rings (SSSR count). The minimum atomic E-state index is -0.343. The Balaban J connectivity index is 1.07. The van der Waals surface area contributed by atoms with Crippen molar-refractivity contribution in [3.05, 3.63) is 122 Å². The van der Waals surface area contributed by atoms with Crippen LogP contribution in [0.15, 0.2) is 111 Å². The number of aromatic nitrogens is 4. The number of methoxy groups -OCH3 is 2. The van der Waals surface area contributed by atoms with Crippen molar-refractivity contribution in [1.82, 2.24) is 30.0 Å². The van der Waals surface area contributed by atoms with E-state index in [4.69, 9.17) is 39.1 Å². The average Bonchev–Trinajstić information content (AvgIpc) is 3.29. The van der Waals surface area contributed by atoms with Gasteiger partial charge in [0.2, 0.25) is 11.8 Å². The topological polar surface area (TPSA) is 95.0 Å². The van der Waals surface area contributed by atoms with E-state index < -0.39 is 0 Å². The van der Waals surface area contributed by atoms with Crippen LogP contribution >= 0.6 is 0 Å². The first kappa shape index (κ1) is 36.7. The molecule has 4 bridgehead atoms. The molecule has 3 aromatic carbocycles. The predicted octanol–water partition coefficient (Wildman–Crippen LogP) is 8.78. The Kier molecular flexibility index (Phi) is 9.69. The fourth-order valence-corrected chi connectivity index (χ4v) is 10.6. The zero-order valence-electron chi connectivity index (χ0n) is 33.2. The maximum absolute atomic E-state index is 7.26. The van der Waals surface area contributed by atoms with Crippen LogP contribution in [0, 0.1) is 23.7 Å². The first-order chi connectivity index (χ1) is 28.5. The number of pyridine rings is 2. The third kappa shape index (κ3) is 6.43. The summed E-state index contributed by atoms with van der Waals surface area (Å²) in [5.41, 5.74) is 3.90. The van der Waals surface area contributed by atoms with E-state index in [2.05, 4.69) is 71.5 Å². The maximum Gasteiger partial charge on any atom is 0.242 e. The van der Waals surface area contributed by atoms with Crippen LogP contribution in [-0.4, -0.2) is 82.4 Å². The maximum atomic E-state index is 7.26. The number of ether oxygens (including phenoxy) is 4. The molecule has 0 spiro atoms. The fraction of sp³-hybridized carbons (Fsp3) is 0.375. The number of hydrogen-bond acceptors (Lipinski definition) is 10. The average molecular weight is 775 g/mol. The highest BCUT2D eigenvalue weighted by Gasteiger charge is 2.46. The van der Waals surface area contributed by atoms with Gasteiger partial charge in [-0.15, -0.1) is 23.4 Å². The van der Waals surface area contributed by atoms with Gasteiger partial charge < -0.3 is 18.9 Å². The summed E-state index contributed by atoms with van der Waals surface area (Å²) < 4.78 is 25.9. The largest absolute Gasteiger partial charge is 0.497 e. The van der Waals surface area contributed by atoms with Crippen molar-refractivity contribution < 1.29 is 18.9 Å². The van der Waals surface area contributed by atoms with Gasteiger partial charge in [-0.1, -0.05) is 24.3 Å². The summed E-state index contributed by atoms with van der Waals surface area (Å²) in [6.07, 6.45) is 11.7. The van der Waals surface area contributed by atoms with Crippen molar-refractivity contribution in [3.63, 3.8) is 0 Å². The highest BCUT2D eigenvalue weighted by Crippen LogP contribution is 2.47. The zero-order chi connectivity index (χ0) is 39.3. The second-order valence-electron chi connectivity index (χ2n) is 16.5. The first-order valence-corrected chi connectivity index (χ1v) is 20.7. The molecular weight excluding hydrogens is 725 g/mol. The highest BCUT2D eigenvalue weighted by molar-refractivity contribution is 5.91. The number of fused-ring (bicyclic) bond motifs is 9. The first-order valence-electron chi connectivity index (χ1n) is 20.7. The Morgan fingerprint density at radius 1 is 0.621 bits per heavy atom. The van der Waals surface area contributed by atoms with Crippen molar-refractivity contribution in [3.8, 4) is 23.3 Å². The molecule has 6 fully saturated rings. The molecule has 9 heterocycles. The van der Waals surface area contributed by atoms with Gasteiger partial charge in [0, 0.05) is 47.4 Å². The summed E-state index contributed by atoms with van der Waals surface area (Å²) in [6.45, 7) is 12.3. The van der Waals surface area contributed by atoms with Gasteiger partial charge in [-0.05, 0) is 123 Å². The lowest BCUT2D eigenvalue weighted by Gasteiger charge is -2.51. The second kappa shape index (κ2) is 15.3. The number of piperidine rings is 6. The van der Waals surface area contributed by atoms with Crippen LogP contribution < -0.4 is 18.9 Å². The molecule has 0 N–H and O–H groups in total. The van der Waals surface area contributed by atoms with Crippen molar-refractivity contribution in [1.29, 1.82) is 0 Å². The van der Waals surface area contributed by atoms with Crippen LogP contribution in [0.25, 0.3) is 32.6 Å². The van der Waals surface area contributed by atoms with E-state index in [1.54, 1.807) is 14.2 Å².